The molecule has 0 heterocycles. The fourth-order valence-electron chi connectivity index (χ4n) is 2.16. The maximum atomic E-state index is 12.2. The fraction of sp³-hybridized carbons (Fsp3) is 0.562. The number of carbonyl (C=O) groups excluding carboxylic acids is 1. The molecule has 1 aromatic carbocycles. The quantitative estimate of drug-likeness (QED) is 0.719. The van der Waals surface area contributed by atoms with E-state index in [0.29, 0.717) is 13.1 Å². The van der Waals surface area contributed by atoms with Crippen LogP contribution in [-0.4, -0.2) is 42.4 Å². The summed E-state index contributed by atoms with van der Waals surface area (Å²) in [6.07, 6.45) is 2.19. The van der Waals surface area contributed by atoms with Crippen molar-refractivity contribution in [2.24, 2.45) is 0 Å². The molecule has 0 unspecified atom stereocenters. The van der Waals surface area contributed by atoms with Crippen LogP contribution < -0.4 is 0 Å². The Morgan fingerprint density at radius 3 is 2.16 bits per heavy atom. The average molecular weight is 262 g/mol. The lowest BCUT2D eigenvalue weighted by molar-refractivity contribution is -0.131. The van der Waals surface area contributed by atoms with Crippen molar-refractivity contribution in [2.75, 3.05) is 26.7 Å². The van der Waals surface area contributed by atoms with Gasteiger partial charge in [0.25, 0.3) is 0 Å². The van der Waals surface area contributed by atoms with E-state index in [-0.39, 0.29) is 5.91 Å². The van der Waals surface area contributed by atoms with E-state index in [0.717, 1.165) is 25.9 Å². The zero-order valence-corrected chi connectivity index (χ0v) is 12.4. The van der Waals surface area contributed by atoms with E-state index in [1.165, 1.54) is 5.56 Å². The maximum Gasteiger partial charge on any atom is 0.236 e. The van der Waals surface area contributed by atoms with Crippen LogP contribution in [0, 0.1) is 0 Å². The van der Waals surface area contributed by atoms with E-state index >= 15 is 0 Å². The molecule has 1 amide bonds. The number of benzene rings is 1. The Kier molecular flexibility index (Phi) is 7.19. The van der Waals surface area contributed by atoms with Crippen LogP contribution in [0.2, 0.25) is 0 Å². The lowest BCUT2D eigenvalue weighted by Gasteiger charge is -2.24. The van der Waals surface area contributed by atoms with Gasteiger partial charge in [0, 0.05) is 13.6 Å². The molecule has 0 N–H and O–H groups in total. The maximum absolute atomic E-state index is 12.2. The number of likely N-dealkylation sites (N-methyl/N-ethyl adjacent to an activating group) is 1. The van der Waals surface area contributed by atoms with E-state index in [1.54, 1.807) is 0 Å². The summed E-state index contributed by atoms with van der Waals surface area (Å²) in [5.74, 6) is 0.200. The molecule has 0 spiro atoms. The molecular weight excluding hydrogens is 236 g/mol. The smallest absolute Gasteiger partial charge is 0.236 e. The predicted octanol–water partition coefficient (Wildman–Crippen LogP) is 2.77. The summed E-state index contributed by atoms with van der Waals surface area (Å²) in [5.41, 5.74) is 1.18. The first-order chi connectivity index (χ1) is 9.17. The van der Waals surface area contributed by atoms with Gasteiger partial charge in [0.15, 0.2) is 0 Å². The highest BCUT2D eigenvalue weighted by Gasteiger charge is 2.13. The van der Waals surface area contributed by atoms with Gasteiger partial charge in [-0.15, -0.1) is 0 Å². The van der Waals surface area contributed by atoms with E-state index in [4.69, 9.17) is 0 Å². The van der Waals surface area contributed by atoms with Crippen molar-refractivity contribution in [1.82, 2.24) is 9.80 Å². The van der Waals surface area contributed by atoms with Gasteiger partial charge in [0.1, 0.15) is 0 Å². The van der Waals surface area contributed by atoms with Crippen LogP contribution in [0.1, 0.15) is 32.3 Å². The molecule has 1 aromatic rings. The minimum Gasteiger partial charge on any atom is -0.340 e. The fourth-order valence-corrected chi connectivity index (χ4v) is 2.16. The number of hydrogen-bond acceptors (Lipinski definition) is 2. The van der Waals surface area contributed by atoms with Gasteiger partial charge in [-0.2, -0.15) is 0 Å². The Morgan fingerprint density at radius 1 is 1.05 bits per heavy atom. The summed E-state index contributed by atoms with van der Waals surface area (Å²) in [5, 5.41) is 0. The van der Waals surface area contributed by atoms with Crippen molar-refractivity contribution < 1.29 is 4.79 Å². The van der Waals surface area contributed by atoms with Gasteiger partial charge in [-0.3, -0.25) is 9.69 Å². The van der Waals surface area contributed by atoms with Gasteiger partial charge in [-0.25, -0.2) is 0 Å². The van der Waals surface area contributed by atoms with Crippen LogP contribution in [0.5, 0.6) is 0 Å². The number of rotatable bonds is 8. The third kappa shape index (κ3) is 5.88. The molecule has 19 heavy (non-hydrogen) atoms. The summed E-state index contributed by atoms with van der Waals surface area (Å²) in [6, 6.07) is 10.1. The first-order valence-corrected chi connectivity index (χ1v) is 7.17. The summed E-state index contributed by atoms with van der Waals surface area (Å²) in [7, 11) is 1.88. The van der Waals surface area contributed by atoms with Crippen LogP contribution >= 0.6 is 0 Å². The second-order valence-corrected chi connectivity index (χ2v) is 5.01. The van der Waals surface area contributed by atoms with Gasteiger partial charge >= 0.3 is 0 Å². The minimum atomic E-state index is 0.200. The molecule has 1 rings (SSSR count). The van der Waals surface area contributed by atoms with Crippen molar-refractivity contribution in [2.45, 2.75) is 33.2 Å². The first kappa shape index (κ1) is 15.7. The first-order valence-electron chi connectivity index (χ1n) is 7.17. The largest absolute Gasteiger partial charge is 0.340 e. The Hall–Kier alpha value is -1.35. The second kappa shape index (κ2) is 8.70. The van der Waals surface area contributed by atoms with Crippen molar-refractivity contribution in [3.63, 3.8) is 0 Å². The standard InChI is InChI=1S/C16H26N2O/c1-4-11-18(12-5-2)14-16(19)17(3)13-15-9-7-6-8-10-15/h6-10H,4-5,11-14H2,1-3H3. The number of carbonyl (C=O) groups is 1. The number of amides is 1. The highest BCUT2D eigenvalue weighted by Crippen LogP contribution is 2.04. The lowest BCUT2D eigenvalue weighted by atomic mass is 10.2. The Labute approximate surface area is 117 Å². The molecule has 0 bridgehead atoms. The van der Waals surface area contributed by atoms with Crippen LogP contribution in [0.25, 0.3) is 0 Å². The van der Waals surface area contributed by atoms with Crippen LogP contribution in [0.15, 0.2) is 30.3 Å². The Bertz CT molecular complexity index is 358. The SMILES string of the molecule is CCCN(CCC)CC(=O)N(C)Cc1ccccc1. The average Bonchev–Trinajstić information content (AvgIpc) is 2.40. The molecule has 0 aliphatic heterocycles. The topological polar surface area (TPSA) is 23.6 Å². The molecule has 0 aliphatic carbocycles. The van der Waals surface area contributed by atoms with Crippen molar-refractivity contribution >= 4 is 5.91 Å². The van der Waals surface area contributed by atoms with Crippen molar-refractivity contribution in [3.05, 3.63) is 35.9 Å². The molecule has 3 heteroatoms. The molecule has 0 fully saturated rings. The molecule has 106 valence electrons. The second-order valence-electron chi connectivity index (χ2n) is 5.01. The predicted molar refractivity (Wildman–Crippen MR) is 79.9 cm³/mol. The van der Waals surface area contributed by atoms with Gasteiger partial charge in [0.2, 0.25) is 5.91 Å². The number of hydrogen-bond donors (Lipinski definition) is 0. The van der Waals surface area contributed by atoms with Crippen molar-refractivity contribution in [3.8, 4) is 0 Å². The van der Waals surface area contributed by atoms with E-state index in [2.05, 4.69) is 30.9 Å². The van der Waals surface area contributed by atoms with Gasteiger partial charge in [-0.05, 0) is 31.5 Å². The molecular formula is C16H26N2O. The van der Waals surface area contributed by atoms with Crippen molar-refractivity contribution in [1.29, 1.82) is 0 Å². The summed E-state index contributed by atoms with van der Waals surface area (Å²) >= 11 is 0. The van der Waals surface area contributed by atoms with E-state index in [1.807, 2.05) is 30.1 Å². The molecule has 0 aromatic heterocycles. The van der Waals surface area contributed by atoms with Crippen LogP contribution in [0.3, 0.4) is 0 Å². The molecule has 0 atom stereocenters. The summed E-state index contributed by atoms with van der Waals surface area (Å²) in [4.78, 5) is 16.2. The number of nitrogens with zero attached hydrogens (tertiary/aromatic N) is 2. The summed E-state index contributed by atoms with van der Waals surface area (Å²) in [6.45, 7) is 7.52. The van der Waals surface area contributed by atoms with Gasteiger partial charge in [-0.1, -0.05) is 44.2 Å². The van der Waals surface area contributed by atoms with Crippen LogP contribution in [-0.2, 0) is 11.3 Å². The lowest BCUT2D eigenvalue weighted by Crippen LogP contribution is -2.38. The third-order valence-corrected chi connectivity index (χ3v) is 3.13. The van der Waals surface area contributed by atoms with Gasteiger partial charge < -0.3 is 4.90 Å². The third-order valence-electron chi connectivity index (χ3n) is 3.13. The highest BCUT2D eigenvalue weighted by molar-refractivity contribution is 5.78. The minimum absolute atomic E-state index is 0.200. The normalized spacial score (nSPS) is 10.7. The molecule has 0 saturated carbocycles. The molecule has 3 nitrogen and oxygen atoms in total. The summed E-state index contributed by atoms with van der Waals surface area (Å²) < 4.78 is 0. The zero-order chi connectivity index (χ0) is 14.1. The van der Waals surface area contributed by atoms with E-state index in [9.17, 15) is 4.79 Å². The molecule has 0 aliphatic rings. The van der Waals surface area contributed by atoms with E-state index < -0.39 is 0 Å². The van der Waals surface area contributed by atoms with Crippen LogP contribution in [0.4, 0.5) is 0 Å². The van der Waals surface area contributed by atoms with Gasteiger partial charge in [0.05, 0.1) is 6.54 Å². The zero-order valence-electron chi connectivity index (χ0n) is 12.4. The Balaban J connectivity index is 2.47. The molecule has 0 saturated heterocycles. The monoisotopic (exact) mass is 262 g/mol. The molecule has 0 radical (unpaired) electrons. The Morgan fingerprint density at radius 2 is 1.63 bits per heavy atom. The highest BCUT2D eigenvalue weighted by atomic mass is 16.2.